The zero-order valence-electron chi connectivity index (χ0n) is 15.3. The molecule has 0 spiro atoms. The molecule has 0 amide bonds. The fourth-order valence-electron chi connectivity index (χ4n) is 2.47. The maximum atomic E-state index is 11.9. The minimum atomic E-state index is -0.281. The Bertz CT molecular complexity index is 677. The second kappa shape index (κ2) is 11.1. The third kappa shape index (κ3) is 7.09. The Hall–Kier alpha value is -2.62. The van der Waals surface area contributed by atoms with Crippen molar-refractivity contribution in [1.29, 1.82) is 0 Å². The molecule has 2 rings (SSSR count). The molecule has 0 saturated carbocycles. The van der Waals surface area contributed by atoms with Crippen LogP contribution in [0.1, 0.15) is 45.4 Å². The molecule has 4 heteroatoms. The SMILES string of the molecule is CCCCOC(=O)CCCCC(=O)Oc1ccc(-c2ccccc2)cc1. The Morgan fingerprint density at radius 2 is 1.38 bits per heavy atom. The van der Waals surface area contributed by atoms with E-state index in [1.165, 1.54) is 0 Å². The van der Waals surface area contributed by atoms with Crippen LogP contribution in [0, 0.1) is 0 Å². The van der Waals surface area contributed by atoms with Gasteiger partial charge in [0.25, 0.3) is 0 Å². The molecule has 0 aromatic heterocycles. The average molecular weight is 354 g/mol. The molecule has 138 valence electrons. The van der Waals surface area contributed by atoms with E-state index in [2.05, 4.69) is 6.92 Å². The number of unbranched alkanes of at least 4 members (excludes halogenated alkanes) is 2. The van der Waals surface area contributed by atoms with Crippen molar-refractivity contribution in [2.45, 2.75) is 45.4 Å². The van der Waals surface area contributed by atoms with Gasteiger partial charge in [-0.3, -0.25) is 9.59 Å². The lowest BCUT2D eigenvalue weighted by Gasteiger charge is -2.06. The van der Waals surface area contributed by atoms with E-state index in [1.54, 1.807) is 12.1 Å². The molecule has 0 saturated heterocycles. The summed E-state index contributed by atoms with van der Waals surface area (Å²) in [5.41, 5.74) is 2.20. The smallest absolute Gasteiger partial charge is 0.311 e. The summed E-state index contributed by atoms with van der Waals surface area (Å²) in [5.74, 6) is 0.0637. The molecule has 0 fully saturated rings. The molecule has 26 heavy (non-hydrogen) atoms. The van der Waals surface area contributed by atoms with Crippen molar-refractivity contribution in [2.24, 2.45) is 0 Å². The van der Waals surface area contributed by atoms with E-state index in [0.29, 0.717) is 38.0 Å². The van der Waals surface area contributed by atoms with Gasteiger partial charge >= 0.3 is 11.9 Å². The van der Waals surface area contributed by atoms with Crippen molar-refractivity contribution in [3.8, 4) is 16.9 Å². The van der Waals surface area contributed by atoms with Gasteiger partial charge in [-0.25, -0.2) is 0 Å². The number of carbonyl (C=O) groups is 2. The number of hydrogen-bond acceptors (Lipinski definition) is 4. The highest BCUT2D eigenvalue weighted by atomic mass is 16.5. The van der Waals surface area contributed by atoms with Gasteiger partial charge in [0.1, 0.15) is 5.75 Å². The van der Waals surface area contributed by atoms with E-state index < -0.39 is 0 Å². The van der Waals surface area contributed by atoms with Gasteiger partial charge in [-0.05, 0) is 42.5 Å². The Kier molecular flexibility index (Phi) is 8.40. The van der Waals surface area contributed by atoms with Crippen LogP contribution in [0.5, 0.6) is 5.75 Å². The molecular formula is C22H26O4. The second-order valence-electron chi connectivity index (χ2n) is 6.15. The number of benzene rings is 2. The lowest BCUT2D eigenvalue weighted by atomic mass is 10.1. The molecule has 0 aliphatic rings. The zero-order valence-corrected chi connectivity index (χ0v) is 15.3. The molecule has 0 heterocycles. The van der Waals surface area contributed by atoms with E-state index in [1.807, 2.05) is 42.5 Å². The predicted molar refractivity (Wildman–Crippen MR) is 102 cm³/mol. The summed E-state index contributed by atoms with van der Waals surface area (Å²) in [6.45, 7) is 2.53. The van der Waals surface area contributed by atoms with Gasteiger partial charge in [0.15, 0.2) is 0 Å². The molecule has 4 nitrogen and oxygen atoms in total. The number of ether oxygens (including phenoxy) is 2. The first-order valence-corrected chi connectivity index (χ1v) is 9.21. The summed E-state index contributed by atoms with van der Waals surface area (Å²) in [7, 11) is 0. The van der Waals surface area contributed by atoms with Crippen molar-refractivity contribution in [1.82, 2.24) is 0 Å². The molecule has 0 unspecified atom stereocenters. The van der Waals surface area contributed by atoms with Crippen molar-refractivity contribution in [3.63, 3.8) is 0 Å². The maximum Gasteiger partial charge on any atom is 0.311 e. The number of hydrogen-bond donors (Lipinski definition) is 0. The second-order valence-corrected chi connectivity index (χ2v) is 6.15. The van der Waals surface area contributed by atoms with E-state index in [-0.39, 0.29) is 11.9 Å². The lowest BCUT2D eigenvalue weighted by Crippen LogP contribution is -2.09. The highest BCUT2D eigenvalue weighted by molar-refractivity contribution is 5.73. The first-order valence-electron chi connectivity index (χ1n) is 9.21. The zero-order chi connectivity index (χ0) is 18.6. The maximum absolute atomic E-state index is 11.9. The number of rotatable bonds is 10. The largest absolute Gasteiger partial charge is 0.466 e. The van der Waals surface area contributed by atoms with Gasteiger partial charge in [-0.2, -0.15) is 0 Å². The summed E-state index contributed by atoms with van der Waals surface area (Å²) in [6, 6.07) is 17.5. The van der Waals surface area contributed by atoms with Crippen LogP contribution in [0.3, 0.4) is 0 Å². The normalized spacial score (nSPS) is 10.3. The van der Waals surface area contributed by atoms with Crippen LogP contribution in [0.25, 0.3) is 11.1 Å². The number of carbonyl (C=O) groups excluding carboxylic acids is 2. The number of esters is 2. The summed E-state index contributed by atoms with van der Waals surface area (Å²) in [5, 5.41) is 0. The van der Waals surface area contributed by atoms with Crippen LogP contribution in [-0.2, 0) is 14.3 Å². The van der Waals surface area contributed by atoms with Gasteiger partial charge in [0.2, 0.25) is 0 Å². The van der Waals surface area contributed by atoms with Crippen LogP contribution in [-0.4, -0.2) is 18.5 Å². The quantitative estimate of drug-likeness (QED) is 0.336. The molecule has 0 radical (unpaired) electrons. The molecule has 2 aromatic rings. The van der Waals surface area contributed by atoms with Gasteiger partial charge in [-0.1, -0.05) is 55.8 Å². The van der Waals surface area contributed by atoms with E-state index in [4.69, 9.17) is 9.47 Å². The molecule has 0 aliphatic carbocycles. The topological polar surface area (TPSA) is 52.6 Å². The molecule has 2 aromatic carbocycles. The van der Waals surface area contributed by atoms with Gasteiger partial charge < -0.3 is 9.47 Å². The van der Waals surface area contributed by atoms with Crippen LogP contribution in [0.15, 0.2) is 54.6 Å². The van der Waals surface area contributed by atoms with Crippen molar-refractivity contribution in [2.75, 3.05) is 6.61 Å². The van der Waals surface area contributed by atoms with Gasteiger partial charge in [-0.15, -0.1) is 0 Å². The highest BCUT2D eigenvalue weighted by Gasteiger charge is 2.07. The monoisotopic (exact) mass is 354 g/mol. The Balaban J connectivity index is 1.67. The van der Waals surface area contributed by atoms with Crippen molar-refractivity contribution in [3.05, 3.63) is 54.6 Å². The summed E-state index contributed by atoms with van der Waals surface area (Å²) >= 11 is 0. The third-order valence-corrected chi connectivity index (χ3v) is 3.97. The molecule has 0 atom stereocenters. The Labute approximate surface area is 155 Å². The van der Waals surface area contributed by atoms with Crippen molar-refractivity contribution < 1.29 is 19.1 Å². The van der Waals surface area contributed by atoms with E-state index in [0.717, 1.165) is 24.0 Å². The van der Waals surface area contributed by atoms with Crippen LogP contribution >= 0.6 is 0 Å². The average Bonchev–Trinajstić information content (AvgIpc) is 2.67. The van der Waals surface area contributed by atoms with Crippen molar-refractivity contribution >= 4 is 11.9 Å². The van der Waals surface area contributed by atoms with E-state index >= 15 is 0 Å². The molecule has 0 bridgehead atoms. The highest BCUT2D eigenvalue weighted by Crippen LogP contribution is 2.22. The first kappa shape index (κ1) is 19.7. The molecular weight excluding hydrogens is 328 g/mol. The van der Waals surface area contributed by atoms with Crippen LogP contribution in [0.4, 0.5) is 0 Å². The minimum absolute atomic E-state index is 0.191. The predicted octanol–water partition coefficient (Wildman–Crippen LogP) is 5.16. The summed E-state index contributed by atoms with van der Waals surface area (Å²) in [6.07, 6.45) is 3.79. The fraction of sp³-hybridized carbons (Fsp3) is 0.364. The van der Waals surface area contributed by atoms with E-state index in [9.17, 15) is 9.59 Å². The molecule has 0 N–H and O–H groups in total. The summed E-state index contributed by atoms with van der Waals surface area (Å²) < 4.78 is 10.4. The van der Waals surface area contributed by atoms with Crippen LogP contribution < -0.4 is 4.74 Å². The minimum Gasteiger partial charge on any atom is -0.466 e. The third-order valence-electron chi connectivity index (χ3n) is 3.97. The standard InChI is InChI=1S/C22H26O4/c1-2-3-17-25-21(23)11-7-8-12-22(24)26-20-15-13-19(14-16-20)18-9-5-4-6-10-18/h4-6,9-10,13-16H,2-3,7-8,11-12,17H2,1H3. The summed E-state index contributed by atoms with van der Waals surface area (Å²) in [4.78, 5) is 23.3. The van der Waals surface area contributed by atoms with Gasteiger partial charge in [0.05, 0.1) is 6.61 Å². The first-order chi connectivity index (χ1) is 12.7. The van der Waals surface area contributed by atoms with Gasteiger partial charge in [0, 0.05) is 12.8 Å². The Morgan fingerprint density at radius 3 is 2.04 bits per heavy atom. The molecule has 0 aliphatic heterocycles. The van der Waals surface area contributed by atoms with Crippen LogP contribution in [0.2, 0.25) is 0 Å². The lowest BCUT2D eigenvalue weighted by molar-refractivity contribution is -0.144. The fourth-order valence-corrected chi connectivity index (χ4v) is 2.47. The Morgan fingerprint density at radius 1 is 0.769 bits per heavy atom.